The Hall–Kier alpha value is -2.05. The lowest BCUT2D eigenvalue weighted by Crippen LogP contribution is -2.43. The molecular formula is C14H21N3O4. The van der Waals surface area contributed by atoms with E-state index in [1.54, 1.807) is 9.47 Å². The normalized spacial score (nSPS) is 19.4. The minimum absolute atomic E-state index is 0.0180. The predicted octanol–water partition coefficient (Wildman–Crippen LogP) is 2.15. The molecule has 0 bridgehead atoms. The van der Waals surface area contributed by atoms with Crippen molar-refractivity contribution in [2.45, 2.75) is 45.3 Å². The zero-order chi connectivity index (χ0) is 15.6. The Morgan fingerprint density at radius 2 is 2.14 bits per heavy atom. The van der Waals surface area contributed by atoms with Crippen molar-refractivity contribution in [3.8, 4) is 0 Å². The smallest absolute Gasteiger partial charge is 0.410 e. The first-order chi connectivity index (χ1) is 9.76. The van der Waals surface area contributed by atoms with Crippen molar-refractivity contribution in [2.75, 3.05) is 13.1 Å². The SMILES string of the molecule is CC(C)(C)OC(=O)N1CCC[C@@H](n2cnc(C(=O)O)c2)C1. The number of carboxylic acid groups (broad SMARTS) is 1. The molecule has 0 aliphatic carbocycles. The number of rotatable bonds is 2. The van der Waals surface area contributed by atoms with Gasteiger partial charge in [0.15, 0.2) is 5.69 Å². The molecule has 21 heavy (non-hydrogen) atoms. The molecule has 1 saturated heterocycles. The van der Waals surface area contributed by atoms with Gasteiger partial charge in [-0.2, -0.15) is 0 Å². The highest BCUT2D eigenvalue weighted by molar-refractivity contribution is 5.84. The fourth-order valence-electron chi connectivity index (χ4n) is 2.34. The summed E-state index contributed by atoms with van der Waals surface area (Å²) in [6.07, 6.45) is 4.42. The first-order valence-electron chi connectivity index (χ1n) is 7.01. The van der Waals surface area contributed by atoms with Gasteiger partial charge < -0.3 is 19.3 Å². The Balaban J connectivity index is 2.03. The number of piperidine rings is 1. The lowest BCUT2D eigenvalue weighted by atomic mass is 10.1. The second-order valence-corrected chi connectivity index (χ2v) is 6.23. The first-order valence-corrected chi connectivity index (χ1v) is 7.01. The van der Waals surface area contributed by atoms with Crippen LogP contribution in [0.4, 0.5) is 4.79 Å². The molecule has 2 rings (SSSR count). The van der Waals surface area contributed by atoms with Gasteiger partial charge in [-0.15, -0.1) is 0 Å². The third kappa shape index (κ3) is 3.96. The molecule has 1 aliphatic rings. The van der Waals surface area contributed by atoms with Crippen molar-refractivity contribution >= 4 is 12.1 Å². The number of hydrogen-bond acceptors (Lipinski definition) is 4. The summed E-state index contributed by atoms with van der Waals surface area (Å²) in [5, 5.41) is 8.90. The van der Waals surface area contributed by atoms with Crippen LogP contribution >= 0.6 is 0 Å². The number of nitrogens with zero attached hydrogens (tertiary/aromatic N) is 3. The van der Waals surface area contributed by atoms with Gasteiger partial charge in [-0.3, -0.25) is 0 Å². The van der Waals surface area contributed by atoms with E-state index < -0.39 is 11.6 Å². The highest BCUT2D eigenvalue weighted by atomic mass is 16.6. The van der Waals surface area contributed by atoms with Gasteiger partial charge in [-0.05, 0) is 33.6 Å². The maximum atomic E-state index is 12.1. The van der Waals surface area contributed by atoms with E-state index in [-0.39, 0.29) is 17.8 Å². The monoisotopic (exact) mass is 295 g/mol. The van der Waals surface area contributed by atoms with E-state index in [0.717, 1.165) is 12.8 Å². The third-order valence-corrected chi connectivity index (χ3v) is 3.29. The van der Waals surface area contributed by atoms with Gasteiger partial charge >= 0.3 is 12.1 Å². The fraction of sp³-hybridized carbons (Fsp3) is 0.643. The van der Waals surface area contributed by atoms with Gasteiger partial charge in [0.25, 0.3) is 0 Å². The maximum absolute atomic E-state index is 12.1. The number of hydrogen-bond donors (Lipinski definition) is 1. The zero-order valence-electron chi connectivity index (χ0n) is 12.6. The van der Waals surface area contributed by atoms with Gasteiger partial charge in [-0.25, -0.2) is 14.6 Å². The van der Waals surface area contributed by atoms with Crippen LogP contribution in [0.3, 0.4) is 0 Å². The minimum Gasteiger partial charge on any atom is -0.476 e. The second kappa shape index (κ2) is 5.75. The summed E-state index contributed by atoms with van der Waals surface area (Å²) in [7, 11) is 0. The molecule has 7 nitrogen and oxygen atoms in total. The summed E-state index contributed by atoms with van der Waals surface area (Å²) >= 11 is 0. The molecule has 1 atom stereocenters. The fourth-order valence-corrected chi connectivity index (χ4v) is 2.34. The number of ether oxygens (including phenoxy) is 1. The van der Waals surface area contributed by atoms with Crippen molar-refractivity contribution in [2.24, 2.45) is 0 Å². The van der Waals surface area contributed by atoms with Gasteiger partial charge in [0.05, 0.1) is 12.4 Å². The van der Waals surface area contributed by atoms with Crippen LogP contribution in [-0.4, -0.2) is 50.3 Å². The summed E-state index contributed by atoms with van der Waals surface area (Å²) in [5.41, 5.74) is -0.500. The largest absolute Gasteiger partial charge is 0.476 e. The Kier molecular flexibility index (Phi) is 4.20. The molecule has 1 N–H and O–H groups in total. The summed E-state index contributed by atoms with van der Waals surface area (Å²) in [6.45, 7) is 6.67. The van der Waals surface area contributed by atoms with E-state index in [1.807, 2.05) is 20.8 Å². The first kappa shape index (κ1) is 15.3. The predicted molar refractivity (Wildman–Crippen MR) is 75.3 cm³/mol. The van der Waals surface area contributed by atoms with E-state index in [1.165, 1.54) is 12.5 Å². The number of carbonyl (C=O) groups is 2. The molecule has 0 aromatic carbocycles. The molecule has 1 aromatic rings. The lowest BCUT2D eigenvalue weighted by molar-refractivity contribution is 0.0172. The number of aromatic carboxylic acids is 1. The summed E-state index contributed by atoms with van der Waals surface area (Å²) < 4.78 is 7.14. The summed E-state index contributed by atoms with van der Waals surface area (Å²) in [4.78, 5) is 28.5. The molecule has 0 radical (unpaired) electrons. The summed E-state index contributed by atoms with van der Waals surface area (Å²) in [5.74, 6) is -1.05. The number of likely N-dealkylation sites (tertiary alicyclic amines) is 1. The van der Waals surface area contributed by atoms with Crippen molar-refractivity contribution in [3.05, 3.63) is 18.2 Å². The maximum Gasteiger partial charge on any atom is 0.410 e. The highest BCUT2D eigenvalue weighted by Crippen LogP contribution is 2.23. The van der Waals surface area contributed by atoms with E-state index in [4.69, 9.17) is 9.84 Å². The van der Waals surface area contributed by atoms with Gasteiger partial charge in [0.1, 0.15) is 5.60 Å². The van der Waals surface area contributed by atoms with Crippen molar-refractivity contribution in [3.63, 3.8) is 0 Å². The van der Waals surface area contributed by atoms with Crippen LogP contribution < -0.4 is 0 Å². The Labute approximate surface area is 123 Å². The van der Waals surface area contributed by atoms with Crippen molar-refractivity contribution < 1.29 is 19.4 Å². The van der Waals surface area contributed by atoms with Gasteiger partial charge in [-0.1, -0.05) is 0 Å². The van der Waals surface area contributed by atoms with Crippen LogP contribution in [0.2, 0.25) is 0 Å². The Bertz CT molecular complexity index is 533. The number of imidazole rings is 1. The van der Waals surface area contributed by atoms with Crippen molar-refractivity contribution in [1.82, 2.24) is 14.5 Å². The number of carboxylic acids is 1. The van der Waals surface area contributed by atoms with E-state index in [2.05, 4.69) is 4.98 Å². The molecule has 1 aliphatic heterocycles. The van der Waals surface area contributed by atoms with E-state index in [0.29, 0.717) is 13.1 Å². The van der Waals surface area contributed by atoms with Crippen LogP contribution in [-0.2, 0) is 4.74 Å². The van der Waals surface area contributed by atoms with E-state index in [9.17, 15) is 9.59 Å². The van der Waals surface area contributed by atoms with Gasteiger partial charge in [0, 0.05) is 19.3 Å². The van der Waals surface area contributed by atoms with Crippen LogP contribution in [0.15, 0.2) is 12.5 Å². The molecule has 2 heterocycles. The highest BCUT2D eigenvalue weighted by Gasteiger charge is 2.28. The molecule has 7 heteroatoms. The van der Waals surface area contributed by atoms with Crippen LogP contribution in [0, 0.1) is 0 Å². The van der Waals surface area contributed by atoms with Crippen LogP contribution in [0.1, 0.15) is 50.1 Å². The molecule has 1 aromatic heterocycles. The standard InChI is InChI=1S/C14H21N3O4/c1-14(2,3)21-13(20)16-6-4-5-10(7-16)17-8-11(12(18)19)15-9-17/h8-10H,4-7H2,1-3H3,(H,18,19)/t10-/m1/s1. The summed E-state index contributed by atoms with van der Waals surface area (Å²) in [6, 6.07) is 0.0341. The van der Waals surface area contributed by atoms with Crippen LogP contribution in [0.5, 0.6) is 0 Å². The molecule has 116 valence electrons. The zero-order valence-corrected chi connectivity index (χ0v) is 12.6. The molecule has 0 unspecified atom stereocenters. The number of amides is 1. The minimum atomic E-state index is -1.05. The van der Waals surface area contributed by atoms with Crippen LogP contribution in [0.25, 0.3) is 0 Å². The molecule has 0 spiro atoms. The number of carbonyl (C=O) groups excluding carboxylic acids is 1. The number of aromatic nitrogens is 2. The second-order valence-electron chi connectivity index (χ2n) is 6.23. The lowest BCUT2D eigenvalue weighted by Gasteiger charge is -2.34. The van der Waals surface area contributed by atoms with Crippen molar-refractivity contribution in [1.29, 1.82) is 0 Å². The third-order valence-electron chi connectivity index (χ3n) is 3.29. The quantitative estimate of drug-likeness (QED) is 0.903. The topological polar surface area (TPSA) is 84.7 Å². The molecule has 0 saturated carbocycles. The van der Waals surface area contributed by atoms with Gasteiger partial charge in [0.2, 0.25) is 0 Å². The molecule has 1 amide bonds. The average molecular weight is 295 g/mol. The molecule has 1 fully saturated rings. The average Bonchev–Trinajstić information content (AvgIpc) is 2.86. The molecular weight excluding hydrogens is 274 g/mol. The van der Waals surface area contributed by atoms with E-state index >= 15 is 0 Å². The Morgan fingerprint density at radius 3 is 2.71 bits per heavy atom. The Morgan fingerprint density at radius 1 is 1.43 bits per heavy atom.